The Morgan fingerprint density at radius 3 is 2.31 bits per heavy atom. The third-order valence-electron chi connectivity index (χ3n) is 4.76. The molecule has 0 N–H and O–H groups in total. The molecule has 0 radical (unpaired) electrons. The smallest absolute Gasteiger partial charge is 0.254 e. The SMILES string of the molecule is COc1cc(C(=O)N2CC(n3cc(Cn4nccn4)nn3)C2)cc(OC)c1OC. The summed E-state index contributed by atoms with van der Waals surface area (Å²) in [6, 6.07) is 3.39. The molecule has 1 aromatic carbocycles. The minimum absolute atomic E-state index is 0.0767. The van der Waals surface area contributed by atoms with Crippen molar-refractivity contribution in [3.63, 3.8) is 0 Å². The van der Waals surface area contributed by atoms with Gasteiger partial charge >= 0.3 is 0 Å². The summed E-state index contributed by atoms with van der Waals surface area (Å²) in [6.07, 6.45) is 5.08. The molecule has 0 saturated carbocycles. The second-order valence-electron chi connectivity index (χ2n) is 6.53. The lowest BCUT2D eigenvalue weighted by Gasteiger charge is -2.39. The number of hydrogen-bond acceptors (Lipinski definition) is 8. The molecule has 3 heterocycles. The molecule has 11 nitrogen and oxygen atoms in total. The predicted molar refractivity (Wildman–Crippen MR) is 100 cm³/mol. The van der Waals surface area contributed by atoms with Gasteiger partial charge in [0.1, 0.15) is 12.2 Å². The molecule has 29 heavy (non-hydrogen) atoms. The number of carbonyl (C=O) groups is 1. The normalized spacial score (nSPS) is 13.8. The Bertz CT molecular complexity index is 971. The van der Waals surface area contributed by atoms with Crippen LogP contribution in [-0.2, 0) is 6.54 Å². The Morgan fingerprint density at radius 1 is 1.07 bits per heavy atom. The number of rotatable bonds is 7. The molecule has 1 aliphatic rings. The van der Waals surface area contributed by atoms with Crippen LogP contribution in [-0.4, -0.2) is 75.2 Å². The molecule has 4 rings (SSSR count). The summed E-state index contributed by atoms with van der Waals surface area (Å²) in [6.45, 7) is 1.53. The quantitative estimate of drug-likeness (QED) is 0.569. The Balaban J connectivity index is 1.42. The highest BCUT2D eigenvalue weighted by atomic mass is 16.5. The van der Waals surface area contributed by atoms with E-state index in [9.17, 15) is 4.79 Å². The first-order valence-electron chi connectivity index (χ1n) is 8.97. The van der Waals surface area contributed by atoms with E-state index in [2.05, 4.69) is 20.5 Å². The van der Waals surface area contributed by atoms with Gasteiger partial charge < -0.3 is 19.1 Å². The molecule has 11 heteroatoms. The number of nitrogens with zero attached hydrogens (tertiary/aromatic N) is 7. The van der Waals surface area contributed by atoms with Crippen LogP contribution in [0, 0.1) is 0 Å². The van der Waals surface area contributed by atoms with E-state index in [-0.39, 0.29) is 11.9 Å². The third-order valence-corrected chi connectivity index (χ3v) is 4.76. The van der Waals surface area contributed by atoms with E-state index < -0.39 is 0 Å². The molecule has 2 aromatic heterocycles. The molecule has 0 unspecified atom stereocenters. The van der Waals surface area contributed by atoms with Crippen LogP contribution >= 0.6 is 0 Å². The van der Waals surface area contributed by atoms with E-state index in [1.165, 1.54) is 26.1 Å². The fraction of sp³-hybridized carbons (Fsp3) is 0.389. The van der Waals surface area contributed by atoms with Crippen molar-refractivity contribution in [3.8, 4) is 17.2 Å². The Labute approximate surface area is 166 Å². The first-order chi connectivity index (χ1) is 14.1. The molecule has 1 fully saturated rings. The fourth-order valence-corrected chi connectivity index (χ4v) is 3.21. The lowest BCUT2D eigenvalue weighted by Crippen LogP contribution is -2.50. The highest BCUT2D eigenvalue weighted by Gasteiger charge is 2.34. The molecule has 152 valence electrons. The van der Waals surface area contributed by atoms with Gasteiger partial charge in [-0.2, -0.15) is 15.0 Å². The van der Waals surface area contributed by atoms with Gasteiger partial charge in [-0.05, 0) is 12.1 Å². The number of likely N-dealkylation sites (tertiary alicyclic amines) is 1. The maximum atomic E-state index is 12.9. The molecular formula is C18H21N7O4. The van der Waals surface area contributed by atoms with Gasteiger partial charge in [0.2, 0.25) is 5.75 Å². The minimum atomic E-state index is -0.110. The Kier molecular flexibility index (Phi) is 5.02. The van der Waals surface area contributed by atoms with E-state index in [0.29, 0.717) is 42.4 Å². The maximum Gasteiger partial charge on any atom is 0.254 e. The van der Waals surface area contributed by atoms with Gasteiger partial charge in [0.25, 0.3) is 5.91 Å². The largest absolute Gasteiger partial charge is 0.493 e. The van der Waals surface area contributed by atoms with Crippen molar-refractivity contribution in [3.05, 3.63) is 42.0 Å². The van der Waals surface area contributed by atoms with Gasteiger partial charge in [0.15, 0.2) is 11.5 Å². The molecule has 3 aromatic rings. The highest BCUT2D eigenvalue weighted by molar-refractivity contribution is 5.96. The van der Waals surface area contributed by atoms with Crippen molar-refractivity contribution in [1.82, 2.24) is 34.9 Å². The van der Waals surface area contributed by atoms with Gasteiger partial charge in [-0.1, -0.05) is 5.21 Å². The number of methoxy groups -OCH3 is 3. The standard InChI is InChI=1S/C18H21N7O4/c1-27-15-6-12(7-16(28-2)17(15)29-3)18(26)23-10-14(11-23)24-8-13(21-22-24)9-25-19-4-5-20-25/h4-8,14H,9-11H2,1-3H3. The molecule has 0 bridgehead atoms. The van der Waals surface area contributed by atoms with Crippen LogP contribution in [0.15, 0.2) is 30.7 Å². The van der Waals surface area contributed by atoms with Gasteiger partial charge in [-0.25, -0.2) is 4.68 Å². The van der Waals surface area contributed by atoms with Crippen LogP contribution in [0.4, 0.5) is 0 Å². The van der Waals surface area contributed by atoms with Crippen molar-refractivity contribution in [2.24, 2.45) is 0 Å². The zero-order valence-electron chi connectivity index (χ0n) is 16.3. The Morgan fingerprint density at radius 2 is 1.72 bits per heavy atom. The zero-order valence-corrected chi connectivity index (χ0v) is 16.3. The second-order valence-corrected chi connectivity index (χ2v) is 6.53. The highest BCUT2D eigenvalue weighted by Crippen LogP contribution is 2.39. The van der Waals surface area contributed by atoms with E-state index in [0.717, 1.165) is 5.69 Å². The van der Waals surface area contributed by atoms with Crippen LogP contribution in [0.2, 0.25) is 0 Å². The van der Waals surface area contributed by atoms with Crippen LogP contribution in [0.3, 0.4) is 0 Å². The average molecular weight is 399 g/mol. The van der Waals surface area contributed by atoms with Gasteiger partial charge in [-0.3, -0.25) is 4.79 Å². The van der Waals surface area contributed by atoms with Crippen molar-refractivity contribution >= 4 is 5.91 Å². The van der Waals surface area contributed by atoms with Crippen LogP contribution in [0.1, 0.15) is 22.1 Å². The summed E-state index contributed by atoms with van der Waals surface area (Å²) in [7, 11) is 4.56. The number of hydrogen-bond donors (Lipinski definition) is 0. The number of ether oxygens (including phenoxy) is 3. The summed E-state index contributed by atoms with van der Waals surface area (Å²) < 4.78 is 17.7. The second kappa shape index (κ2) is 7.78. The molecule has 1 saturated heterocycles. The zero-order chi connectivity index (χ0) is 20.4. The first-order valence-corrected chi connectivity index (χ1v) is 8.97. The lowest BCUT2D eigenvalue weighted by atomic mass is 10.1. The Hall–Kier alpha value is -3.63. The molecule has 1 amide bonds. The van der Waals surface area contributed by atoms with E-state index >= 15 is 0 Å². The first kappa shape index (κ1) is 18.7. The third kappa shape index (κ3) is 3.58. The number of carbonyl (C=O) groups excluding carboxylic acids is 1. The summed E-state index contributed by atoms with van der Waals surface area (Å²) in [5.74, 6) is 1.23. The number of amides is 1. The van der Waals surface area contributed by atoms with Crippen LogP contribution in [0.25, 0.3) is 0 Å². The van der Waals surface area contributed by atoms with Crippen LogP contribution < -0.4 is 14.2 Å². The number of aromatic nitrogens is 6. The van der Waals surface area contributed by atoms with E-state index in [1.54, 1.807) is 34.1 Å². The van der Waals surface area contributed by atoms with Crippen molar-refractivity contribution in [2.75, 3.05) is 34.4 Å². The van der Waals surface area contributed by atoms with Gasteiger partial charge in [0.05, 0.1) is 46.0 Å². The fourth-order valence-electron chi connectivity index (χ4n) is 3.21. The van der Waals surface area contributed by atoms with Crippen molar-refractivity contribution < 1.29 is 19.0 Å². The molecule has 0 atom stereocenters. The van der Waals surface area contributed by atoms with Gasteiger partial charge in [0, 0.05) is 18.7 Å². The summed E-state index contributed by atoms with van der Waals surface area (Å²) in [5, 5.41) is 16.4. The lowest BCUT2D eigenvalue weighted by molar-refractivity contribution is 0.0497. The monoisotopic (exact) mass is 399 g/mol. The molecule has 0 spiro atoms. The molecular weight excluding hydrogens is 378 g/mol. The molecule has 1 aliphatic heterocycles. The van der Waals surface area contributed by atoms with Crippen molar-refractivity contribution in [2.45, 2.75) is 12.6 Å². The topological polar surface area (TPSA) is 109 Å². The van der Waals surface area contributed by atoms with Gasteiger partial charge in [-0.15, -0.1) is 5.10 Å². The average Bonchev–Trinajstić information content (AvgIpc) is 3.38. The number of benzene rings is 1. The van der Waals surface area contributed by atoms with Crippen molar-refractivity contribution in [1.29, 1.82) is 0 Å². The van der Waals surface area contributed by atoms with E-state index in [1.807, 2.05) is 6.20 Å². The van der Waals surface area contributed by atoms with Crippen LogP contribution in [0.5, 0.6) is 17.2 Å². The minimum Gasteiger partial charge on any atom is -0.493 e. The predicted octanol–water partition coefficient (Wildman–Crippen LogP) is 0.641. The maximum absolute atomic E-state index is 12.9. The summed E-state index contributed by atoms with van der Waals surface area (Å²) in [5.41, 5.74) is 1.23. The molecule has 0 aliphatic carbocycles. The summed E-state index contributed by atoms with van der Waals surface area (Å²) >= 11 is 0. The van der Waals surface area contributed by atoms with E-state index in [4.69, 9.17) is 14.2 Å². The summed E-state index contributed by atoms with van der Waals surface area (Å²) in [4.78, 5) is 16.1.